The summed E-state index contributed by atoms with van der Waals surface area (Å²) in [5, 5.41) is 3.03. The van der Waals surface area contributed by atoms with Crippen LogP contribution in [-0.2, 0) is 4.79 Å². The minimum atomic E-state index is -0.476. The van der Waals surface area contributed by atoms with Crippen molar-refractivity contribution in [1.82, 2.24) is 5.32 Å². The van der Waals surface area contributed by atoms with Crippen LogP contribution in [0.25, 0.3) is 0 Å². The van der Waals surface area contributed by atoms with Gasteiger partial charge in [-0.1, -0.05) is 51.1 Å². The second kappa shape index (κ2) is 6.01. The second-order valence-electron chi connectivity index (χ2n) is 6.03. The highest BCUT2D eigenvalue weighted by molar-refractivity contribution is 5.81. The van der Waals surface area contributed by atoms with Crippen LogP contribution in [0.4, 0.5) is 0 Å². The Morgan fingerprint density at radius 3 is 2.28 bits per heavy atom. The van der Waals surface area contributed by atoms with Gasteiger partial charge in [0.1, 0.15) is 0 Å². The third kappa shape index (κ3) is 4.88. The van der Waals surface area contributed by atoms with E-state index in [2.05, 4.69) is 26.1 Å². The third-order valence-electron chi connectivity index (χ3n) is 2.75. The highest BCUT2D eigenvalue weighted by Crippen LogP contribution is 2.29. The molecule has 0 aromatic heterocycles. The normalized spacial score (nSPS) is 14.9. The van der Waals surface area contributed by atoms with Crippen LogP contribution in [0.2, 0.25) is 0 Å². The van der Waals surface area contributed by atoms with E-state index in [1.165, 1.54) is 0 Å². The van der Waals surface area contributed by atoms with Crippen LogP contribution < -0.4 is 11.1 Å². The van der Waals surface area contributed by atoms with Gasteiger partial charge >= 0.3 is 0 Å². The summed E-state index contributed by atoms with van der Waals surface area (Å²) < 4.78 is 0. The van der Waals surface area contributed by atoms with Crippen molar-refractivity contribution in [1.29, 1.82) is 0 Å². The van der Waals surface area contributed by atoms with Crippen molar-refractivity contribution in [3.63, 3.8) is 0 Å². The summed E-state index contributed by atoms with van der Waals surface area (Å²) in [6.45, 7) is 8.21. The average molecular weight is 248 g/mol. The third-order valence-corrected chi connectivity index (χ3v) is 2.75. The first-order chi connectivity index (χ1) is 8.29. The lowest BCUT2D eigenvalue weighted by atomic mass is 9.85. The standard InChI is InChI=1S/C15H24N2O/c1-11(16)14(18)17-13(10-15(2,3)4)12-8-6-5-7-9-12/h5-9,11,13H,10,16H2,1-4H3,(H,17,18)/t11-,13?/m1/s1. The molecule has 0 fully saturated rings. The number of rotatable bonds is 4. The molecule has 0 aliphatic rings. The molecule has 0 aliphatic carbocycles. The molecule has 1 unspecified atom stereocenters. The molecule has 2 atom stereocenters. The maximum absolute atomic E-state index is 11.8. The molecular weight excluding hydrogens is 224 g/mol. The summed E-state index contributed by atoms with van der Waals surface area (Å²) in [5.41, 5.74) is 6.88. The summed E-state index contributed by atoms with van der Waals surface area (Å²) in [4.78, 5) is 11.8. The maximum Gasteiger partial charge on any atom is 0.237 e. The quantitative estimate of drug-likeness (QED) is 0.860. The molecule has 3 heteroatoms. The van der Waals surface area contributed by atoms with Crippen LogP contribution >= 0.6 is 0 Å². The van der Waals surface area contributed by atoms with Gasteiger partial charge in [0.15, 0.2) is 0 Å². The van der Waals surface area contributed by atoms with Gasteiger partial charge < -0.3 is 11.1 Å². The zero-order valence-corrected chi connectivity index (χ0v) is 11.7. The monoisotopic (exact) mass is 248 g/mol. The molecule has 1 rings (SSSR count). The fourth-order valence-electron chi connectivity index (χ4n) is 1.85. The summed E-state index contributed by atoms with van der Waals surface area (Å²) in [6, 6.07) is 9.58. The Hall–Kier alpha value is -1.35. The fraction of sp³-hybridized carbons (Fsp3) is 0.533. The Balaban J connectivity index is 2.86. The fourth-order valence-corrected chi connectivity index (χ4v) is 1.85. The summed E-state index contributed by atoms with van der Waals surface area (Å²) in [6.07, 6.45) is 0.884. The molecule has 0 bridgehead atoms. The predicted octanol–water partition coefficient (Wildman–Crippen LogP) is 2.63. The van der Waals surface area contributed by atoms with E-state index < -0.39 is 6.04 Å². The first kappa shape index (κ1) is 14.7. The molecule has 0 saturated heterocycles. The lowest BCUT2D eigenvalue weighted by molar-refractivity contribution is -0.122. The Bertz CT molecular complexity index is 379. The van der Waals surface area contributed by atoms with Gasteiger partial charge in [0, 0.05) is 0 Å². The highest BCUT2D eigenvalue weighted by Gasteiger charge is 2.22. The van der Waals surface area contributed by atoms with Crippen molar-refractivity contribution in [2.24, 2.45) is 11.1 Å². The van der Waals surface area contributed by atoms with Gasteiger partial charge in [-0.2, -0.15) is 0 Å². The molecule has 0 heterocycles. The minimum Gasteiger partial charge on any atom is -0.348 e. The summed E-state index contributed by atoms with van der Waals surface area (Å²) in [7, 11) is 0. The maximum atomic E-state index is 11.8. The van der Waals surface area contributed by atoms with Gasteiger partial charge in [-0.15, -0.1) is 0 Å². The van der Waals surface area contributed by atoms with Crippen LogP contribution in [-0.4, -0.2) is 11.9 Å². The number of hydrogen-bond acceptors (Lipinski definition) is 2. The molecule has 3 nitrogen and oxygen atoms in total. The number of benzene rings is 1. The molecule has 0 radical (unpaired) electrons. The van der Waals surface area contributed by atoms with Crippen molar-refractivity contribution in [2.75, 3.05) is 0 Å². The molecule has 18 heavy (non-hydrogen) atoms. The first-order valence-corrected chi connectivity index (χ1v) is 6.40. The Morgan fingerprint density at radius 2 is 1.83 bits per heavy atom. The van der Waals surface area contributed by atoms with Gasteiger partial charge in [-0.3, -0.25) is 4.79 Å². The van der Waals surface area contributed by atoms with Crippen molar-refractivity contribution in [3.8, 4) is 0 Å². The number of nitrogens with two attached hydrogens (primary N) is 1. The number of carbonyl (C=O) groups is 1. The molecule has 0 spiro atoms. The smallest absolute Gasteiger partial charge is 0.237 e. The lowest BCUT2D eigenvalue weighted by Crippen LogP contribution is -2.41. The van der Waals surface area contributed by atoms with Crippen LogP contribution in [0.15, 0.2) is 30.3 Å². The van der Waals surface area contributed by atoms with Crippen molar-refractivity contribution in [3.05, 3.63) is 35.9 Å². The van der Waals surface area contributed by atoms with Gasteiger partial charge in [0.25, 0.3) is 0 Å². The predicted molar refractivity (Wildman–Crippen MR) is 75.0 cm³/mol. The van der Waals surface area contributed by atoms with E-state index in [0.29, 0.717) is 0 Å². The molecule has 100 valence electrons. The van der Waals surface area contributed by atoms with Crippen molar-refractivity contribution in [2.45, 2.75) is 46.2 Å². The molecule has 1 aromatic rings. The van der Waals surface area contributed by atoms with E-state index in [4.69, 9.17) is 5.73 Å². The number of carbonyl (C=O) groups excluding carboxylic acids is 1. The highest BCUT2D eigenvalue weighted by atomic mass is 16.2. The van der Waals surface area contributed by atoms with E-state index in [9.17, 15) is 4.79 Å². The SMILES string of the molecule is C[C@@H](N)C(=O)NC(CC(C)(C)C)c1ccccc1. The van der Waals surface area contributed by atoms with Gasteiger partial charge in [-0.05, 0) is 24.3 Å². The summed E-state index contributed by atoms with van der Waals surface area (Å²) >= 11 is 0. The Morgan fingerprint density at radius 1 is 1.28 bits per heavy atom. The minimum absolute atomic E-state index is 0.0182. The van der Waals surface area contributed by atoms with Crippen molar-refractivity contribution >= 4 is 5.91 Å². The van der Waals surface area contributed by atoms with Gasteiger partial charge in [-0.25, -0.2) is 0 Å². The zero-order chi connectivity index (χ0) is 13.8. The largest absolute Gasteiger partial charge is 0.348 e. The van der Waals surface area contributed by atoms with Crippen LogP contribution in [0, 0.1) is 5.41 Å². The molecular formula is C15H24N2O. The number of hydrogen-bond donors (Lipinski definition) is 2. The van der Waals surface area contributed by atoms with Crippen LogP contribution in [0.3, 0.4) is 0 Å². The van der Waals surface area contributed by atoms with E-state index >= 15 is 0 Å². The van der Waals surface area contributed by atoms with Gasteiger partial charge in [0.05, 0.1) is 12.1 Å². The number of amides is 1. The zero-order valence-electron chi connectivity index (χ0n) is 11.7. The van der Waals surface area contributed by atoms with E-state index in [1.54, 1.807) is 6.92 Å². The average Bonchev–Trinajstić information content (AvgIpc) is 2.27. The topological polar surface area (TPSA) is 55.1 Å². The van der Waals surface area contributed by atoms with E-state index in [1.807, 2.05) is 30.3 Å². The number of nitrogens with one attached hydrogen (secondary N) is 1. The first-order valence-electron chi connectivity index (χ1n) is 6.40. The Kier molecular flexibility index (Phi) is 4.91. The molecule has 3 N–H and O–H groups in total. The van der Waals surface area contributed by atoms with E-state index in [0.717, 1.165) is 12.0 Å². The summed E-state index contributed by atoms with van der Waals surface area (Å²) in [5.74, 6) is -0.104. The van der Waals surface area contributed by atoms with Crippen LogP contribution in [0.5, 0.6) is 0 Å². The lowest BCUT2D eigenvalue weighted by Gasteiger charge is -2.27. The molecule has 1 amide bonds. The second-order valence-corrected chi connectivity index (χ2v) is 6.03. The van der Waals surface area contributed by atoms with Crippen molar-refractivity contribution < 1.29 is 4.79 Å². The Labute approximate surface area is 110 Å². The molecule has 1 aromatic carbocycles. The van der Waals surface area contributed by atoms with E-state index in [-0.39, 0.29) is 17.4 Å². The molecule has 0 saturated carbocycles. The van der Waals surface area contributed by atoms with Crippen LogP contribution in [0.1, 0.15) is 45.7 Å². The molecule has 0 aliphatic heterocycles. The van der Waals surface area contributed by atoms with Gasteiger partial charge in [0.2, 0.25) is 5.91 Å².